The number of carbonyl (C=O) groups is 2. The molecule has 2 amide bonds. The minimum atomic E-state index is -0.519. The van der Waals surface area contributed by atoms with Crippen LogP contribution in [0.25, 0.3) is 6.08 Å². The molecule has 1 aromatic carbocycles. The van der Waals surface area contributed by atoms with Crippen LogP contribution in [-0.2, 0) is 20.9 Å². The topological polar surface area (TPSA) is 123 Å². The Morgan fingerprint density at radius 1 is 1.12 bits per heavy atom. The number of furan rings is 1. The number of rotatable bonds is 11. The Morgan fingerprint density at radius 2 is 1.95 bits per heavy atom. The zero-order valence-corrected chi connectivity index (χ0v) is 23.0. The maximum absolute atomic E-state index is 13.7. The van der Waals surface area contributed by atoms with Gasteiger partial charge in [0.2, 0.25) is 11.8 Å². The number of benzene rings is 1. The molecule has 1 aliphatic carbocycles. The van der Waals surface area contributed by atoms with Crippen molar-refractivity contribution in [2.75, 3.05) is 11.5 Å². The number of aliphatic hydroxyl groups is 1. The molecule has 0 radical (unpaired) electrons. The number of allylic oxidation sites excluding steroid dienone is 2. The zero-order valence-electron chi connectivity index (χ0n) is 23.0. The molecule has 212 valence electrons. The van der Waals surface area contributed by atoms with Gasteiger partial charge in [0.05, 0.1) is 35.2 Å². The number of nitro groups is 1. The number of non-ortho nitro benzene ring substituents is 1. The molecule has 2 fully saturated rings. The summed E-state index contributed by atoms with van der Waals surface area (Å²) in [5, 5.41) is 20.6. The molecule has 9 heteroatoms. The monoisotopic (exact) mass is 548 g/mol. The average Bonchev–Trinajstić information content (AvgIpc) is 3.64. The molecule has 2 saturated heterocycles. The summed E-state index contributed by atoms with van der Waals surface area (Å²) in [4.78, 5) is 39.3. The summed E-state index contributed by atoms with van der Waals surface area (Å²) >= 11 is 0. The molecule has 9 nitrogen and oxygen atoms in total. The normalized spacial score (nSPS) is 24.6. The lowest BCUT2D eigenvalue weighted by atomic mass is 9.68. The van der Waals surface area contributed by atoms with Crippen molar-refractivity contribution in [3.63, 3.8) is 0 Å². The standard InChI is InChI=1S/C31H36N2O7/c1-3-6-19(14-23-11-12-24(17-34)40-23)10-13-27-28-20(7-4-2)15-25-29(26(28)18-39-27)31(36)32(30(25)35)21-8-5-9-22(16-21)33(37)38/h5,8-9,11-12,14,16,25-27,29,34H,3-4,6-7,10,13,15,17-18H2,1-2H3/b19-14+/t25-,26+,27-,29-/m1/s1. The lowest BCUT2D eigenvalue weighted by Crippen LogP contribution is -2.34. The van der Waals surface area contributed by atoms with Crippen LogP contribution < -0.4 is 4.90 Å². The van der Waals surface area contributed by atoms with Gasteiger partial charge in [-0.3, -0.25) is 19.7 Å². The Balaban J connectivity index is 1.38. The van der Waals surface area contributed by atoms with Gasteiger partial charge in [-0.05, 0) is 62.0 Å². The number of carbonyl (C=O) groups excluding carboxylic acids is 2. The number of anilines is 1. The molecular formula is C31H36N2O7. The van der Waals surface area contributed by atoms with Crippen LogP contribution >= 0.6 is 0 Å². The Hall–Kier alpha value is -3.56. The molecule has 5 rings (SSSR count). The fraction of sp³-hybridized carbons (Fsp3) is 0.484. The third-order valence-corrected chi connectivity index (χ3v) is 8.34. The molecule has 0 unspecified atom stereocenters. The van der Waals surface area contributed by atoms with E-state index in [1.807, 2.05) is 12.1 Å². The van der Waals surface area contributed by atoms with Gasteiger partial charge in [0.15, 0.2) is 0 Å². The van der Waals surface area contributed by atoms with E-state index in [4.69, 9.17) is 9.15 Å². The van der Waals surface area contributed by atoms with E-state index in [1.54, 1.807) is 12.1 Å². The fourth-order valence-corrected chi connectivity index (χ4v) is 6.68. The van der Waals surface area contributed by atoms with Crippen LogP contribution in [0.2, 0.25) is 0 Å². The Labute approximate surface area is 233 Å². The highest BCUT2D eigenvalue weighted by atomic mass is 16.6. The Morgan fingerprint density at radius 3 is 2.65 bits per heavy atom. The summed E-state index contributed by atoms with van der Waals surface area (Å²) < 4.78 is 12.0. The molecular weight excluding hydrogens is 512 g/mol. The Bertz CT molecular complexity index is 1360. The van der Waals surface area contributed by atoms with Crippen LogP contribution in [-0.4, -0.2) is 34.6 Å². The van der Waals surface area contributed by atoms with Gasteiger partial charge < -0.3 is 14.3 Å². The van der Waals surface area contributed by atoms with E-state index in [0.29, 0.717) is 18.8 Å². The minimum absolute atomic E-state index is 0.118. The van der Waals surface area contributed by atoms with Crippen LogP contribution in [0.3, 0.4) is 0 Å². The first kappa shape index (κ1) is 28.0. The first-order valence-electron chi connectivity index (χ1n) is 14.2. The van der Waals surface area contributed by atoms with Crippen LogP contribution in [0, 0.1) is 27.9 Å². The molecule has 3 heterocycles. The fourth-order valence-electron chi connectivity index (χ4n) is 6.68. The average molecular weight is 549 g/mol. The van der Waals surface area contributed by atoms with E-state index in [9.17, 15) is 24.8 Å². The van der Waals surface area contributed by atoms with E-state index in [-0.39, 0.29) is 41.8 Å². The van der Waals surface area contributed by atoms with Gasteiger partial charge >= 0.3 is 0 Å². The molecule has 0 saturated carbocycles. The van der Waals surface area contributed by atoms with Gasteiger partial charge in [-0.2, -0.15) is 0 Å². The number of nitrogens with zero attached hydrogens (tertiary/aromatic N) is 2. The molecule has 1 N–H and O–H groups in total. The summed E-state index contributed by atoms with van der Waals surface area (Å²) in [6.07, 6.45) is 7.72. The predicted molar refractivity (Wildman–Crippen MR) is 149 cm³/mol. The summed E-state index contributed by atoms with van der Waals surface area (Å²) in [5.41, 5.74) is 3.74. The van der Waals surface area contributed by atoms with Crippen molar-refractivity contribution in [3.05, 3.63) is 74.8 Å². The van der Waals surface area contributed by atoms with Crippen molar-refractivity contribution in [1.29, 1.82) is 0 Å². The Kier molecular flexibility index (Phi) is 8.32. The van der Waals surface area contributed by atoms with Crippen LogP contribution in [0.1, 0.15) is 70.3 Å². The highest BCUT2D eigenvalue weighted by molar-refractivity contribution is 6.22. The largest absolute Gasteiger partial charge is 0.459 e. The molecule has 2 aliphatic heterocycles. The smallest absolute Gasteiger partial charge is 0.271 e. The molecule has 2 aromatic rings. The zero-order chi connectivity index (χ0) is 28.4. The van der Waals surface area contributed by atoms with Crippen molar-refractivity contribution in [2.45, 2.75) is 71.5 Å². The van der Waals surface area contributed by atoms with E-state index in [1.165, 1.54) is 34.9 Å². The van der Waals surface area contributed by atoms with Crippen LogP contribution in [0.5, 0.6) is 0 Å². The number of imide groups is 1. The number of fused-ring (bicyclic) bond motifs is 3. The van der Waals surface area contributed by atoms with Crippen molar-refractivity contribution in [3.8, 4) is 0 Å². The summed E-state index contributed by atoms with van der Waals surface area (Å²) in [6.45, 7) is 4.50. The number of aliphatic hydroxyl groups excluding tert-OH is 1. The quantitative estimate of drug-likeness (QED) is 0.159. The van der Waals surface area contributed by atoms with Crippen molar-refractivity contribution < 1.29 is 28.8 Å². The number of hydrogen-bond acceptors (Lipinski definition) is 7. The number of ether oxygens (including phenoxy) is 1. The number of amides is 2. The third-order valence-electron chi connectivity index (χ3n) is 8.34. The maximum Gasteiger partial charge on any atom is 0.271 e. The van der Waals surface area contributed by atoms with Crippen molar-refractivity contribution >= 4 is 29.3 Å². The van der Waals surface area contributed by atoms with Crippen molar-refractivity contribution in [1.82, 2.24) is 0 Å². The van der Waals surface area contributed by atoms with Crippen LogP contribution in [0.15, 0.2) is 57.5 Å². The van der Waals surface area contributed by atoms with Gasteiger partial charge in [-0.15, -0.1) is 0 Å². The van der Waals surface area contributed by atoms with Crippen LogP contribution in [0.4, 0.5) is 11.4 Å². The maximum atomic E-state index is 13.7. The lowest BCUT2D eigenvalue weighted by Gasteiger charge is -2.32. The van der Waals surface area contributed by atoms with E-state index in [0.717, 1.165) is 49.2 Å². The molecule has 3 aliphatic rings. The number of hydrogen-bond donors (Lipinski definition) is 1. The second-order valence-corrected chi connectivity index (χ2v) is 10.9. The second kappa shape index (κ2) is 11.9. The van der Waals surface area contributed by atoms with Crippen molar-refractivity contribution in [2.24, 2.45) is 17.8 Å². The summed E-state index contributed by atoms with van der Waals surface area (Å²) in [6, 6.07) is 9.38. The molecule has 0 bridgehead atoms. The highest BCUT2D eigenvalue weighted by Crippen LogP contribution is 2.51. The van der Waals surface area contributed by atoms with E-state index in [2.05, 4.69) is 13.8 Å². The predicted octanol–water partition coefficient (Wildman–Crippen LogP) is 5.97. The highest BCUT2D eigenvalue weighted by Gasteiger charge is 2.57. The van der Waals surface area contributed by atoms with E-state index >= 15 is 0 Å². The molecule has 40 heavy (non-hydrogen) atoms. The van der Waals surface area contributed by atoms with Gasteiger partial charge in [0, 0.05) is 18.1 Å². The molecule has 4 atom stereocenters. The molecule has 1 aromatic heterocycles. The summed E-state index contributed by atoms with van der Waals surface area (Å²) in [5.74, 6) is -0.466. The lowest BCUT2D eigenvalue weighted by molar-refractivity contribution is -0.384. The SMILES string of the molecule is CCCC1=C2[C@@H](CC/C(=C/c3ccc(CO)o3)CCC)OC[C@@H]2[C@@H]2C(=O)N(c3cccc([N+](=O)[O-])c3)C(=O)[C@@H]2C1. The van der Waals surface area contributed by atoms with E-state index < -0.39 is 16.8 Å². The van der Waals surface area contributed by atoms with Gasteiger partial charge in [0.25, 0.3) is 5.69 Å². The van der Waals surface area contributed by atoms with Gasteiger partial charge in [-0.25, -0.2) is 4.90 Å². The van der Waals surface area contributed by atoms with Gasteiger partial charge in [0.1, 0.15) is 18.1 Å². The summed E-state index contributed by atoms with van der Waals surface area (Å²) in [7, 11) is 0. The minimum Gasteiger partial charge on any atom is -0.459 e. The first-order valence-corrected chi connectivity index (χ1v) is 14.2. The number of nitro benzene ring substituents is 1. The second-order valence-electron chi connectivity index (χ2n) is 10.9. The van der Waals surface area contributed by atoms with Gasteiger partial charge in [-0.1, -0.05) is 43.9 Å². The first-order chi connectivity index (χ1) is 19.4. The third kappa shape index (κ3) is 5.28. The molecule has 0 spiro atoms.